The highest BCUT2D eigenvalue weighted by atomic mass is 31.2. The Morgan fingerprint density at radius 1 is 1.13 bits per heavy atom. The summed E-state index contributed by atoms with van der Waals surface area (Å²) in [5.74, 6) is -5.08. The summed E-state index contributed by atoms with van der Waals surface area (Å²) < 4.78 is 82.8. The molecule has 0 aliphatic carbocycles. The summed E-state index contributed by atoms with van der Waals surface area (Å²) in [6, 6.07) is 0. The second-order valence-corrected chi connectivity index (χ2v) is 4.26. The van der Waals surface area contributed by atoms with E-state index in [1.54, 1.807) is 0 Å². The molecule has 1 aliphatic rings. The molecule has 1 heterocycles. The Balaban J connectivity index is 2.53. The van der Waals surface area contributed by atoms with Gasteiger partial charge in [0.1, 0.15) is 6.61 Å². The highest BCUT2D eigenvalue weighted by molar-refractivity contribution is 7.48. The van der Waals surface area contributed by atoms with Crippen molar-refractivity contribution in [2.24, 2.45) is 0 Å². The largest absolute Gasteiger partial charge is 0.475 e. The molecule has 4 nitrogen and oxygen atoms in total. The average Bonchev–Trinajstić information content (AvgIpc) is 2.48. The highest BCUT2D eigenvalue weighted by Crippen LogP contribution is 2.54. The molecular formula is C5H6F5O4P. The van der Waals surface area contributed by atoms with Crippen molar-refractivity contribution in [3.05, 3.63) is 0 Å². The number of alkyl halides is 5. The topological polar surface area (TPSA) is 44.8 Å². The van der Waals surface area contributed by atoms with Crippen LogP contribution in [0.4, 0.5) is 22.0 Å². The van der Waals surface area contributed by atoms with Gasteiger partial charge < -0.3 is 0 Å². The van der Waals surface area contributed by atoms with Crippen molar-refractivity contribution in [3.8, 4) is 0 Å². The Morgan fingerprint density at radius 2 is 1.60 bits per heavy atom. The molecule has 0 radical (unpaired) electrons. The maximum absolute atomic E-state index is 12.3. The molecule has 1 fully saturated rings. The van der Waals surface area contributed by atoms with E-state index in [1.807, 2.05) is 0 Å². The number of hydrogen-bond acceptors (Lipinski definition) is 4. The molecule has 0 amide bonds. The molecule has 0 unspecified atom stereocenters. The predicted octanol–water partition coefficient (Wildman–Crippen LogP) is 2.36. The lowest BCUT2D eigenvalue weighted by Crippen LogP contribution is -2.40. The summed E-state index contributed by atoms with van der Waals surface area (Å²) in [6.07, 6.45) is -5.76. The van der Waals surface area contributed by atoms with Crippen LogP contribution >= 0.6 is 7.82 Å². The van der Waals surface area contributed by atoms with E-state index in [0.717, 1.165) is 0 Å². The molecule has 0 spiro atoms. The molecule has 0 saturated carbocycles. The number of hydrogen-bond donors (Lipinski definition) is 0. The van der Waals surface area contributed by atoms with E-state index in [2.05, 4.69) is 13.6 Å². The Labute approximate surface area is 80.9 Å². The lowest BCUT2D eigenvalue weighted by Gasteiger charge is -2.20. The van der Waals surface area contributed by atoms with Gasteiger partial charge in [-0.2, -0.15) is 22.0 Å². The van der Waals surface area contributed by atoms with Crippen molar-refractivity contribution >= 4 is 7.82 Å². The van der Waals surface area contributed by atoms with E-state index < -0.39 is 26.5 Å². The van der Waals surface area contributed by atoms with E-state index >= 15 is 0 Å². The van der Waals surface area contributed by atoms with Crippen LogP contribution in [0.5, 0.6) is 0 Å². The van der Waals surface area contributed by atoms with Crippen LogP contribution in [-0.4, -0.2) is 31.9 Å². The van der Waals surface area contributed by atoms with Gasteiger partial charge in [0.15, 0.2) is 0 Å². The van der Waals surface area contributed by atoms with Gasteiger partial charge in [-0.3, -0.25) is 13.6 Å². The van der Waals surface area contributed by atoms with Crippen LogP contribution in [0, 0.1) is 0 Å². The number of phosphoric ester groups is 1. The third-order valence-electron chi connectivity index (χ3n) is 1.40. The lowest BCUT2D eigenvalue weighted by atomic mass is 10.3. The summed E-state index contributed by atoms with van der Waals surface area (Å²) in [5.41, 5.74) is 0. The Hall–Kier alpha value is -0.240. The zero-order valence-corrected chi connectivity index (χ0v) is 7.99. The van der Waals surface area contributed by atoms with E-state index in [9.17, 15) is 26.5 Å². The second kappa shape index (κ2) is 3.97. The van der Waals surface area contributed by atoms with Crippen LogP contribution in [0.15, 0.2) is 0 Å². The minimum atomic E-state index is -5.76. The number of halogens is 5. The molecular weight excluding hydrogens is 250 g/mol. The van der Waals surface area contributed by atoms with Crippen molar-refractivity contribution in [3.63, 3.8) is 0 Å². The van der Waals surface area contributed by atoms with Gasteiger partial charge in [-0.25, -0.2) is 4.57 Å². The molecule has 90 valence electrons. The molecule has 15 heavy (non-hydrogen) atoms. The van der Waals surface area contributed by atoms with Crippen LogP contribution in [0.2, 0.25) is 0 Å². The van der Waals surface area contributed by atoms with Gasteiger partial charge in [0.2, 0.25) is 0 Å². The van der Waals surface area contributed by atoms with Crippen molar-refractivity contribution in [2.75, 3.05) is 19.8 Å². The van der Waals surface area contributed by atoms with Crippen LogP contribution in [-0.2, 0) is 18.1 Å². The van der Waals surface area contributed by atoms with Gasteiger partial charge in [-0.05, 0) is 0 Å². The zero-order chi connectivity index (χ0) is 11.7. The van der Waals surface area contributed by atoms with Crippen molar-refractivity contribution in [1.29, 1.82) is 0 Å². The van der Waals surface area contributed by atoms with Crippen LogP contribution in [0.1, 0.15) is 0 Å². The van der Waals surface area contributed by atoms with E-state index in [1.165, 1.54) is 0 Å². The second-order valence-electron chi connectivity index (χ2n) is 2.59. The fourth-order valence-corrected chi connectivity index (χ4v) is 1.79. The normalized spacial score (nSPS) is 21.9. The third-order valence-corrected chi connectivity index (χ3v) is 2.84. The van der Waals surface area contributed by atoms with Crippen molar-refractivity contribution in [2.45, 2.75) is 12.1 Å². The fourth-order valence-electron chi connectivity index (χ4n) is 0.652. The van der Waals surface area contributed by atoms with Gasteiger partial charge in [0.05, 0.1) is 13.2 Å². The first-order valence-corrected chi connectivity index (χ1v) is 5.11. The molecule has 1 rings (SSSR count). The quantitative estimate of drug-likeness (QED) is 0.574. The highest BCUT2D eigenvalue weighted by Gasteiger charge is 2.58. The number of rotatable bonds is 3. The van der Waals surface area contributed by atoms with Gasteiger partial charge >= 0.3 is 19.9 Å². The van der Waals surface area contributed by atoms with Crippen LogP contribution in [0.25, 0.3) is 0 Å². The van der Waals surface area contributed by atoms with Gasteiger partial charge in [0, 0.05) is 0 Å². The van der Waals surface area contributed by atoms with Crippen molar-refractivity contribution < 1.29 is 40.1 Å². The van der Waals surface area contributed by atoms with Crippen LogP contribution < -0.4 is 0 Å². The monoisotopic (exact) mass is 256 g/mol. The lowest BCUT2D eigenvalue weighted by molar-refractivity contribution is -0.290. The Morgan fingerprint density at radius 3 is 2.00 bits per heavy atom. The van der Waals surface area contributed by atoms with Crippen molar-refractivity contribution in [1.82, 2.24) is 0 Å². The maximum Gasteiger partial charge on any atom is 0.475 e. The van der Waals surface area contributed by atoms with E-state index in [4.69, 9.17) is 0 Å². The fraction of sp³-hybridized carbons (Fsp3) is 1.00. The molecule has 0 atom stereocenters. The molecule has 1 saturated heterocycles. The Bertz CT molecular complexity index is 267. The molecule has 0 bridgehead atoms. The molecule has 0 aromatic carbocycles. The van der Waals surface area contributed by atoms with E-state index in [-0.39, 0.29) is 13.2 Å². The smallest absolute Gasteiger partial charge is 0.284 e. The summed E-state index contributed by atoms with van der Waals surface area (Å²) in [6.45, 7) is -2.43. The SMILES string of the molecule is O=P1(OCC(F)(F)C(F)(F)F)OCCO1. The predicted molar refractivity (Wildman–Crippen MR) is 36.5 cm³/mol. The number of phosphoric acid groups is 1. The minimum absolute atomic E-state index is 0.172. The van der Waals surface area contributed by atoms with Gasteiger partial charge in [0.25, 0.3) is 0 Å². The van der Waals surface area contributed by atoms with Gasteiger partial charge in [-0.15, -0.1) is 0 Å². The summed E-state index contributed by atoms with van der Waals surface area (Å²) in [5, 5.41) is 0. The molecule has 10 heteroatoms. The Kier molecular flexibility index (Phi) is 3.39. The maximum atomic E-state index is 12.3. The molecule has 1 aliphatic heterocycles. The summed E-state index contributed by atoms with van der Waals surface area (Å²) in [4.78, 5) is 0. The van der Waals surface area contributed by atoms with Gasteiger partial charge in [-0.1, -0.05) is 0 Å². The van der Waals surface area contributed by atoms with E-state index in [0.29, 0.717) is 0 Å². The standard InChI is InChI=1S/C5H6F5O4P/c6-4(7,5(8,9)10)3-14-15(11)12-1-2-13-15/h1-3H2. The molecule has 0 aromatic heterocycles. The summed E-state index contributed by atoms with van der Waals surface area (Å²) in [7, 11) is -4.22. The molecule has 0 aromatic rings. The average molecular weight is 256 g/mol. The first-order valence-electron chi connectivity index (χ1n) is 3.64. The summed E-state index contributed by atoms with van der Waals surface area (Å²) >= 11 is 0. The third kappa shape index (κ3) is 3.10. The van der Waals surface area contributed by atoms with Crippen LogP contribution in [0.3, 0.4) is 0 Å². The first-order chi connectivity index (χ1) is 6.66. The zero-order valence-electron chi connectivity index (χ0n) is 7.09. The minimum Gasteiger partial charge on any atom is -0.284 e. The molecule has 0 N–H and O–H groups in total. The first kappa shape index (κ1) is 12.8.